The normalized spacial score (nSPS) is 37.4. The number of aliphatic hydroxyl groups is 2. The van der Waals surface area contributed by atoms with Gasteiger partial charge in [-0.3, -0.25) is 27.5 Å². The van der Waals surface area contributed by atoms with Crippen LogP contribution >= 0.6 is 15.4 Å². The highest BCUT2D eigenvalue weighted by Crippen LogP contribution is 2.51. The SMILES string of the molecule is Cc1nc2c(ncn2[C@@H]2O[C@@H]3COP(=O)(O)O[C@@H]4C(O)[C@H](n5cnc6c(N)ncnc65)O[C@@H]4COP(=O)(O)COC2[C@H]3O)c(=O)[nH]1. The number of aryl methyl sites for hydroxylation is 1. The molecule has 22 nitrogen and oxygen atoms in total. The lowest BCUT2D eigenvalue weighted by molar-refractivity contribution is -0.0649. The summed E-state index contributed by atoms with van der Waals surface area (Å²) in [6.07, 6.45) is -9.08. The zero-order chi connectivity index (χ0) is 32.5. The summed E-state index contributed by atoms with van der Waals surface area (Å²) in [7, 11) is -9.70. The number of phosphoric ester groups is 1. The van der Waals surface area contributed by atoms with Crippen molar-refractivity contribution in [3.05, 3.63) is 35.2 Å². The number of anilines is 1. The molecule has 4 aromatic rings. The second-order valence-corrected chi connectivity index (χ2v) is 13.9. The minimum Gasteiger partial charge on any atom is -0.387 e. The summed E-state index contributed by atoms with van der Waals surface area (Å²) in [5.41, 5.74) is 5.65. The highest BCUT2D eigenvalue weighted by molar-refractivity contribution is 7.52. The zero-order valence-electron chi connectivity index (χ0n) is 23.5. The van der Waals surface area contributed by atoms with Crippen LogP contribution in [0.1, 0.15) is 18.3 Å². The van der Waals surface area contributed by atoms with Crippen molar-refractivity contribution in [3.8, 4) is 0 Å². The van der Waals surface area contributed by atoms with Gasteiger partial charge in [-0.1, -0.05) is 0 Å². The molecule has 0 aromatic carbocycles. The Morgan fingerprint density at radius 2 is 1.61 bits per heavy atom. The second-order valence-electron chi connectivity index (χ2n) is 10.7. The van der Waals surface area contributed by atoms with Gasteiger partial charge >= 0.3 is 15.4 Å². The van der Waals surface area contributed by atoms with Crippen molar-refractivity contribution in [1.29, 1.82) is 0 Å². The van der Waals surface area contributed by atoms with E-state index < -0.39 is 89.6 Å². The van der Waals surface area contributed by atoms with Crippen LogP contribution in [0.25, 0.3) is 22.3 Å². The number of nitrogens with zero attached hydrogens (tertiary/aromatic N) is 7. The molecular weight excluding hydrogens is 660 g/mol. The van der Waals surface area contributed by atoms with Crippen LogP contribution in [-0.4, -0.2) is 115 Å². The van der Waals surface area contributed by atoms with Gasteiger partial charge in [0.05, 0.1) is 25.9 Å². The number of H-pyrrole nitrogens is 1. The molecule has 3 aliphatic rings. The van der Waals surface area contributed by atoms with Gasteiger partial charge in [0.1, 0.15) is 60.6 Å². The molecule has 7 rings (SSSR count). The lowest BCUT2D eigenvalue weighted by Gasteiger charge is -2.26. The maximum Gasteiger partial charge on any atom is 0.472 e. The Balaban J connectivity index is 1.18. The molecule has 248 valence electrons. The Labute approximate surface area is 256 Å². The number of hydrogen-bond acceptors (Lipinski definition) is 17. The van der Waals surface area contributed by atoms with Gasteiger partial charge in [0.25, 0.3) is 5.56 Å². The number of hydrogen-bond donors (Lipinski definition) is 6. The molecular formula is C22H27N9O13P2. The average molecular weight is 687 g/mol. The van der Waals surface area contributed by atoms with Crippen molar-refractivity contribution in [2.75, 3.05) is 25.3 Å². The average Bonchev–Trinajstić information content (AvgIpc) is 3.75. The molecule has 2 bridgehead atoms. The van der Waals surface area contributed by atoms with E-state index in [0.717, 1.165) is 6.33 Å². The number of ether oxygens (including phenoxy) is 3. The van der Waals surface area contributed by atoms with Crippen LogP contribution in [0, 0.1) is 6.92 Å². The summed E-state index contributed by atoms with van der Waals surface area (Å²) < 4.78 is 61.9. The first kappa shape index (κ1) is 31.4. The predicted molar refractivity (Wildman–Crippen MR) is 149 cm³/mol. The smallest absolute Gasteiger partial charge is 0.387 e. The standard InChI is InChI=1S/C22H27N9O13P2/c1-8-28-19-12(20(34)29-8)27-6-31(19)22-16-13(32)9(42-22)2-41-46(37,38)44-15-10(3-40-45(35,36)7-39-16)43-21(14(15)33)30-5-26-11-17(23)24-4-25-18(11)30/h4-6,9-10,13-16,21-22,32-33H,2-3,7H2,1H3,(H,35,36)(H,37,38)(H2,23,24,25)(H,28,29,34)/t9-,10-,13+,14?,15+,16?,21-,22-/m1/s1. The van der Waals surface area contributed by atoms with Crippen LogP contribution in [-0.2, 0) is 36.9 Å². The van der Waals surface area contributed by atoms with Gasteiger partial charge in [0.15, 0.2) is 35.1 Å². The lowest BCUT2D eigenvalue weighted by Crippen LogP contribution is -2.38. The highest BCUT2D eigenvalue weighted by atomic mass is 31.2. The van der Waals surface area contributed by atoms with Crippen LogP contribution in [0.4, 0.5) is 5.82 Å². The Kier molecular flexibility index (Phi) is 7.82. The van der Waals surface area contributed by atoms with Gasteiger partial charge in [-0.2, -0.15) is 0 Å². The largest absolute Gasteiger partial charge is 0.472 e. The fourth-order valence-electron chi connectivity index (χ4n) is 5.51. The molecule has 4 unspecified atom stereocenters. The van der Waals surface area contributed by atoms with Gasteiger partial charge < -0.3 is 49.5 Å². The predicted octanol–water partition coefficient (Wildman–Crippen LogP) is -1.57. The Hall–Kier alpha value is -3.24. The summed E-state index contributed by atoms with van der Waals surface area (Å²) in [4.78, 5) is 56.5. The first-order valence-corrected chi connectivity index (χ1v) is 16.8. The quantitative estimate of drug-likeness (QED) is 0.130. The summed E-state index contributed by atoms with van der Waals surface area (Å²) >= 11 is 0. The van der Waals surface area contributed by atoms with Gasteiger partial charge in [0.2, 0.25) is 0 Å². The van der Waals surface area contributed by atoms with Crippen molar-refractivity contribution in [3.63, 3.8) is 0 Å². The van der Waals surface area contributed by atoms with Crippen LogP contribution in [0.15, 0.2) is 23.8 Å². The number of aliphatic hydroxyl groups excluding tert-OH is 2. The summed E-state index contributed by atoms with van der Waals surface area (Å²) in [6.45, 7) is 0.0677. The van der Waals surface area contributed by atoms with E-state index in [4.69, 9.17) is 33.5 Å². The number of aromatic nitrogens is 8. The molecule has 0 spiro atoms. The molecule has 3 saturated heterocycles. The number of nitrogens with one attached hydrogen (secondary N) is 1. The fraction of sp³-hybridized carbons (Fsp3) is 0.545. The van der Waals surface area contributed by atoms with Crippen LogP contribution in [0.5, 0.6) is 0 Å². The summed E-state index contributed by atoms with van der Waals surface area (Å²) in [5.74, 6) is 0.294. The highest BCUT2D eigenvalue weighted by Gasteiger charge is 2.52. The van der Waals surface area contributed by atoms with E-state index >= 15 is 0 Å². The molecule has 3 fully saturated rings. The van der Waals surface area contributed by atoms with E-state index in [1.54, 1.807) is 0 Å². The Morgan fingerprint density at radius 3 is 2.39 bits per heavy atom. The number of phosphoric acid groups is 1. The number of aromatic amines is 1. The van der Waals surface area contributed by atoms with Crippen molar-refractivity contribution >= 4 is 43.6 Å². The minimum atomic E-state index is -5.06. The molecule has 0 aliphatic carbocycles. The number of nitrogen functional groups attached to an aromatic ring is 1. The molecule has 7 heterocycles. The number of imidazole rings is 2. The third-order valence-electron chi connectivity index (χ3n) is 7.64. The van der Waals surface area contributed by atoms with E-state index in [0.29, 0.717) is 0 Å². The maximum atomic E-state index is 13.1. The van der Waals surface area contributed by atoms with E-state index in [1.807, 2.05) is 0 Å². The molecule has 3 aliphatic heterocycles. The second kappa shape index (κ2) is 11.5. The van der Waals surface area contributed by atoms with Crippen molar-refractivity contribution < 1.29 is 56.9 Å². The molecule has 7 N–H and O–H groups in total. The van der Waals surface area contributed by atoms with Gasteiger partial charge in [-0.05, 0) is 6.92 Å². The molecule has 0 saturated carbocycles. The van der Waals surface area contributed by atoms with Crippen molar-refractivity contribution in [1.82, 2.24) is 39.0 Å². The topological polar surface area (TPSA) is 304 Å². The van der Waals surface area contributed by atoms with Gasteiger partial charge in [0, 0.05) is 0 Å². The van der Waals surface area contributed by atoms with Crippen molar-refractivity contribution in [2.45, 2.75) is 56.0 Å². The number of nitrogens with two attached hydrogens (primary N) is 1. The van der Waals surface area contributed by atoms with Crippen molar-refractivity contribution in [2.24, 2.45) is 0 Å². The first-order valence-electron chi connectivity index (χ1n) is 13.6. The zero-order valence-corrected chi connectivity index (χ0v) is 25.3. The molecule has 0 radical (unpaired) electrons. The summed E-state index contributed by atoms with van der Waals surface area (Å²) in [5, 5.41) is 22.3. The lowest BCUT2D eigenvalue weighted by atomic mass is 10.1. The van der Waals surface area contributed by atoms with Crippen LogP contribution < -0.4 is 11.3 Å². The van der Waals surface area contributed by atoms with Gasteiger partial charge in [-0.15, -0.1) is 0 Å². The Morgan fingerprint density at radius 1 is 0.913 bits per heavy atom. The molecule has 10 atom stereocenters. The van der Waals surface area contributed by atoms with Crippen LogP contribution in [0.3, 0.4) is 0 Å². The van der Waals surface area contributed by atoms with E-state index in [2.05, 4.69) is 29.9 Å². The van der Waals surface area contributed by atoms with Crippen LogP contribution in [0.2, 0.25) is 0 Å². The van der Waals surface area contributed by atoms with E-state index in [9.17, 15) is 33.9 Å². The minimum absolute atomic E-state index is 0.0473. The third-order valence-corrected chi connectivity index (χ3v) is 9.65. The molecule has 46 heavy (non-hydrogen) atoms. The molecule has 24 heteroatoms. The maximum absolute atomic E-state index is 13.1. The van der Waals surface area contributed by atoms with Gasteiger partial charge in [-0.25, -0.2) is 29.5 Å². The molecule has 4 aromatic heterocycles. The number of fused-ring (bicyclic) bond motifs is 5. The fourth-order valence-corrected chi connectivity index (χ4v) is 7.29. The molecule has 0 amide bonds. The van der Waals surface area contributed by atoms with E-state index in [-0.39, 0.29) is 34.0 Å². The number of rotatable bonds is 2. The Bertz CT molecular complexity index is 1950. The summed E-state index contributed by atoms with van der Waals surface area (Å²) in [6, 6.07) is 0. The monoisotopic (exact) mass is 687 g/mol. The first-order chi connectivity index (χ1) is 21.8. The van der Waals surface area contributed by atoms with E-state index in [1.165, 1.54) is 28.7 Å². The third kappa shape index (κ3) is 5.55.